The Bertz CT molecular complexity index is 167. The molecule has 1 heterocycles. The lowest BCUT2D eigenvalue weighted by Gasteiger charge is -2.23. The molecular weight excluding hydrogens is 172 g/mol. The third-order valence-corrected chi connectivity index (χ3v) is 4.13. The van der Waals surface area contributed by atoms with E-state index in [0.29, 0.717) is 0 Å². The minimum Gasteiger partial charge on any atom is -0.318 e. The molecule has 1 N–H and O–H groups in total. The Morgan fingerprint density at radius 2 is 1.79 bits per heavy atom. The molecule has 82 valence electrons. The van der Waals surface area contributed by atoms with Crippen molar-refractivity contribution < 1.29 is 0 Å². The molecule has 1 unspecified atom stereocenters. The molecule has 1 saturated heterocycles. The van der Waals surface area contributed by atoms with Crippen LogP contribution in [0.2, 0.25) is 0 Å². The van der Waals surface area contributed by atoms with Crippen LogP contribution < -0.4 is 5.32 Å². The Hall–Kier alpha value is -0.0800. The third kappa shape index (κ3) is 2.12. The van der Waals surface area contributed by atoms with Crippen molar-refractivity contribution in [2.24, 2.45) is 11.8 Å². The zero-order chi connectivity index (χ0) is 9.97. The van der Waals surface area contributed by atoms with Gasteiger partial charge in [0.25, 0.3) is 0 Å². The fourth-order valence-corrected chi connectivity index (χ4v) is 3.23. The van der Waals surface area contributed by atoms with Crippen LogP contribution in [0.4, 0.5) is 0 Å². The predicted octanol–water partition coefficient (Wildman–Crippen LogP) is 1.72. The van der Waals surface area contributed by atoms with Crippen LogP contribution in [0.15, 0.2) is 0 Å². The van der Waals surface area contributed by atoms with E-state index in [0.717, 1.165) is 24.4 Å². The van der Waals surface area contributed by atoms with E-state index in [1.54, 1.807) is 0 Å². The highest BCUT2D eigenvalue weighted by molar-refractivity contribution is 4.89. The molecular formula is C12H24N2. The fraction of sp³-hybridized carbons (Fsp3) is 1.00. The van der Waals surface area contributed by atoms with Crippen molar-refractivity contribution in [1.82, 2.24) is 10.2 Å². The lowest BCUT2D eigenvalue weighted by atomic mass is 9.82. The molecule has 0 aromatic heterocycles. The van der Waals surface area contributed by atoms with E-state index < -0.39 is 0 Å². The first kappa shape index (κ1) is 10.4. The second-order valence-corrected chi connectivity index (χ2v) is 5.17. The van der Waals surface area contributed by atoms with Crippen LogP contribution in [0, 0.1) is 11.8 Å². The van der Waals surface area contributed by atoms with Crippen molar-refractivity contribution >= 4 is 0 Å². The van der Waals surface area contributed by atoms with E-state index >= 15 is 0 Å². The zero-order valence-electron chi connectivity index (χ0n) is 9.63. The highest BCUT2D eigenvalue weighted by Gasteiger charge is 2.35. The molecule has 1 aliphatic heterocycles. The van der Waals surface area contributed by atoms with Crippen LogP contribution in [0.3, 0.4) is 0 Å². The maximum Gasteiger partial charge on any atom is 0.0192 e. The maximum absolute atomic E-state index is 3.28. The summed E-state index contributed by atoms with van der Waals surface area (Å²) in [6.45, 7) is 6.23. The minimum absolute atomic E-state index is 0.727. The number of nitrogens with one attached hydrogen (secondary N) is 1. The molecule has 0 aromatic carbocycles. The smallest absolute Gasteiger partial charge is 0.0192 e. The van der Waals surface area contributed by atoms with E-state index in [1.165, 1.54) is 38.8 Å². The summed E-state index contributed by atoms with van der Waals surface area (Å²) in [6, 6.07) is 0.727. The van der Waals surface area contributed by atoms with E-state index in [9.17, 15) is 0 Å². The second-order valence-electron chi connectivity index (χ2n) is 5.17. The van der Waals surface area contributed by atoms with Crippen molar-refractivity contribution in [2.75, 3.05) is 26.7 Å². The molecule has 2 rings (SSSR count). The van der Waals surface area contributed by atoms with E-state index in [4.69, 9.17) is 0 Å². The van der Waals surface area contributed by atoms with Gasteiger partial charge in [0.2, 0.25) is 0 Å². The Kier molecular flexibility index (Phi) is 3.45. The molecule has 2 nitrogen and oxygen atoms in total. The second kappa shape index (κ2) is 4.63. The van der Waals surface area contributed by atoms with E-state index in [2.05, 4.69) is 24.2 Å². The molecule has 2 heteroatoms. The molecule has 0 spiro atoms. The van der Waals surface area contributed by atoms with Crippen molar-refractivity contribution in [3.05, 3.63) is 0 Å². The molecule has 1 aliphatic carbocycles. The first-order valence-corrected chi connectivity index (χ1v) is 6.20. The van der Waals surface area contributed by atoms with Gasteiger partial charge in [-0.15, -0.1) is 0 Å². The largest absolute Gasteiger partial charge is 0.318 e. The average molecular weight is 196 g/mol. The summed E-state index contributed by atoms with van der Waals surface area (Å²) in [7, 11) is 2.06. The fourth-order valence-electron chi connectivity index (χ4n) is 3.23. The summed E-state index contributed by atoms with van der Waals surface area (Å²) in [6.07, 6.45) is 5.95. The summed E-state index contributed by atoms with van der Waals surface area (Å²) in [5, 5.41) is 3.28. The SMILES string of the molecule is CNCC(C)N1C[C@H]2CCCC[C@H]2C1. The highest BCUT2D eigenvalue weighted by atomic mass is 15.2. The Balaban J connectivity index is 1.86. The first-order valence-electron chi connectivity index (χ1n) is 6.20. The Morgan fingerprint density at radius 3 is 2.29 bits per heavy atom. The summed E-state index contributed by atoms with van der Waals surface area (Å²) >= 11 is 0. The number of likely N-dealkylation sites (tertiary alicyclic amines) is 1. The summed E-state index contributed by atoms with van der Waals surface area (Å²) in [5.41, 5.74) is 0. The molecule has 2 fully saturated rings. The van der Waals surface area contributed by atoms with Crippen molar-refractivity contribution in [3.8, 4) is 0 Å². The van der Waals surface area contributed by atoms with E-state index in [-0.39, 0.29) is 0 Å². The van der Waals surface area contributed by atoms with Gasteiger partial charge in [0.15, 0.2) is 0 Å². The number of nitrogens with zero attached hydrogens (tertiary/aromatic N) is 1. The highest BCUT2D eigenvalue weighted by Crippen LogP contribution is 2.36. The topological polar surface area (TPSA) is 15.3 Å². The van der Waals surface area contributed by atoms with Crippen molar-refractivity contribution in [2.45, 2.75) is 38.6 Å². The van der Waals surface area contributed by atoms with Gasteiger partial charge < -0.3 is 5.32 Å². The van der Waals surface area contributed by atoms with Crippen LogP contribution in [-0.4, -0.2) is 37.6 Å². The Labute approximate surface area is 88.1 Å². The number of fused-ring (bicyclic) bond motifs is 1. The average Bonchev–Trinajstić information content (AvgIpc) is 2.61. The maximum atomic E-state index is 3.28. The number of likely N-dealkylation sites (N-methyl/N-ethyl adjacent to an activating group) is 1. The molecule has 3 atom stereocenters. The normalized spacial score (nSPS) is 35.6. The molecule has 0 aromatic rings. The van der Waals surface area contributed by atoms with Gasteiger partial charge in [-0.05, 0) is 38.6 Å². The molecule has 0 radical (unpaired) electrons. The standard InChI is InChI=1S/C12H24N2/c1-10(7-13-2)14-8-11-5-3-4-6-12(11)9-14/h10-13H,3-9H2,1-2H3/t10?,11-,12+. The van der Waals surface area contributed by atoms with E-state index in [1.807, 2.05) is 0 Å². The van der Waals surface area contributed by atoms with Gasteiger partial charge in [0.05, 0.1) is 0 Å². The predicted molar refractivity (Wildman–Crippen MR) is 60.4 cm³/mol. The van der Waals surface area contributed by atoms with Crippen LogP contribution >= 0.6 is 0 Å². The molecule has 14 heavy (non-hydrogen) atoms. The van der Waals surface area contributed by atoms with Crippen LogP contribution in [0.5, 0.6) is 0 Å². The first-order chi connectivity index (χ1) is 6.81. The van der Waals surface area contributed by atoms with Crippen LogP contribution in [0.25, 0.3) is 0 Å². The van der Waals surface area contributed by atoms with Gasteiger partial charge in [-0.25, -0.2) is 0 Å². The third-order valence-electron chi connectivity index (χ3n) is 4.13. The Morgan fingerprint density at radius 1 is 1.21 bits per heavy atom. The number of hydrogen-bond donors (Lipinski definition) is 1. The van der Waals surface area contributed by atoms with Gasteiger partial charge in [-0.2, -0.15) is 0 Å². The van der Waals surface area contributed by atoms with Crippen LogP contribution in [0.1, 0.15) is 32.6 Å². The van der Waals surface area contributed by atoms with Crippen molar-refractivity contribution in [1.29, 1.82) is 0 Å². The van der Waals surface area contributed by atoms with Gasteiger partial charge in [0.1, 0.15) is 0 Å². The lowest BCUT2D eigenvalue weighted by Crippen LogP contribution is -2.38. The number of rotatable bonds is 3. The van der Waals surface area contributed by atoms with Crippen LogP contribution in [-0.2, 0) is 0 Å². The quantitative estimate of drug-likeness (QED) is 0.739. The molecule has 0 bridgehead atoms. The van der Waals surface area contributed by atoms with Gasteiger partial charge in [0, 0.05) is 25.7 Å². The summed E-state index contributed by atoms with van der Waals surface area (Å²) in [5.74, 6) is 2.06. The lowest BCUT2D eigenvalue weighted by molar-refractivity contribution is 0.242. The van der Waals surface area contributed by atoms with Gasteiger partial charge in [-0.3, -0.25) is 4.90 Å². The molecule has 0 amide bonds. The molecule has 2 aliphatic rings. The number of hydrogen-bond acceptors (Lipinski definition) is 2. The van der Waals surface area contributed by atoms with Crippen molar-refractivity contribution in [3.63, 3.8) is 0 Å². The monoisotopic (exact) mass is 196 g/mol. The molecule has 1 saturated carbocycles. The minimum atomic E-state index is 0.727. The zero-order valence-corrected chi connectivity index (χ0v) is 9.63. The van der Waals surface area contributed by atoms with Gasteiger partial charge in [-0.1, -0.05) is 12.8 Å². The summed E-state index contributed by atoms with van der Waals surface area (Å²) in [4.78, 5) is 2.69. The van der Waals surface area contributed by atoms with Gasteiger partial charge >= 0.3 is 0 Å². The summed E-state index contributed by atoms with van der Waals surface area (Å²) < 4.78 is 0.